The highest BCUT2D eigenvalue weighted by Crippen LogP contribution is 2.13. The zero-order chi connectivity index (χ0) is 14.5. The molecule has 19 heavy (non-hydrogen) atoms. The molecule has 0 spiro atoms. The van der Waals surface area contributed by atoms with E-state index in [0.717, 1.165) is 5.56 Å². The number of aryl methyl sites for hydroxylation is 1. The summed E-state index contributed by atoms with van der Waals surface area (Å²) in [5, 5.41) is 10.5. The highest BCUT2D eigenvalue weighted by atomic mass is 32.2. The molecule has 6 nitrogen and oxygen atoms in total. The van der Waals surface area contributed by atoms with Crippen LogP contribution in [-0.4, -0.2) is 31.4 Å². The average molecular weight is 286 g/mol. The molecule has 0 saturated carbocycles. The topological polar surface area (TPSA) is 103 Å². The molecular formula is C12H18N2O4S. The van der Waals surface area contributed by atoms with Crippen LogP contribution in [0.4, 0.5) is 5.69 Å². The monoisotopic (exact) mass is 286 g/mol. The summed E-state index contributed by atoms with van der Waals surface area (Å²) in [5.74, 6) is 0.0629. The van der Waals surface area contributed by atoms with Gasteiger partial charge in [0, 0.05) is 12.1 Å². The SMILES string of the molecule is CC(CN)CS(=O)(=O)CCc1ccc([N+](=O)[O-])cc1. The molecule has 1 atom stereocenters. The third-order valence-electron chi connectivity index (χ3n) is 2.79. The molecule has 7 heteroatoms. The fraction of sp³-hybridized carbons (Fsp3) is 0.500. The van der Waals surface area contributed by atoms with Crippen molar-refractivity contribution in [3.8, 4) is 0 Å². The Labute approximate surface area is 112 Å². The van der Waals surface area contributed by atoms with Crippen molar-refractivity contribution in [1.82, 2.24) is 0 Å². The van der Waals surface area contributed by atoms with Crippen molar-refractivity contribution in [2.24, 2.45) is 11.7 Å². The van der Waals surface area contributed by atoms with Gasteiger partial charge in [0.05, 0.1) is 16.4 Å². The maximum Gasteiger partial charge on any atom is 0.269 e. The number of rotatable bonds is 7. The van der Waals surface area contributed by atoms with Gasteiger partial charge in [-0.25, -0.2) is 8.42 Å². The molecule has 106 valence electrons. The van der Waals surface area contributed by atoms with Gasteiger partial charge in [-0.2, -0.15) is 0 Å². The Balaban J connectivity index is 2.59. The number of benzene rings is 1. The maximum absolute atomic E-state index is 11.8. The van der Waals surface area contributed by atoms with Gasteiger partial charge in [0.15, 0.2) is 9.84 Å². The summed E-state index contributed by atoms with van der Waals surface area (Å²) < 4.78 is 23.6. The second kappa shape index (κ2) is 6.63. The first-order valence-electron chi connectivity index (χ1n) is 5.98. The lowest BCUT2D eigenvalue weighted by atomic mass is 10.1. The highest BCUT2D eigenvalue weighted by Gasteiger charge is 2.15. The summed E-state index contributed by atoms with van der Waals surface area (Å²) in [7, 11) is -3.13. The molecule has 1 aromatic carbocycles. The minimum Gasteiger partial charge on any atom is -0.330 e. The Morgan fingerprint density at radius 3 is 2.37 bits per heavy atom. The van der Waals surface area contributed by atoms with E-state index in [1.54, 1.807) is 19.1 Å². The van der Waals surface area contributed by atoms with Gasteiger partial charge in [-0.1, -0.05) is 19.1 Å². The Morgan fingerprint density at radius 1 is 1.32 bits per heavy atom. The molecule has 0 radical (unpaired) electrons. The predicted octanol–water partition coefficient (Wildman–Crippen LogP) is 1.15. The number of nitro benzene ring substituents is 1. The van der Waals surface area contributed by atoms with E-state index in [4.69, 9.17) is 5.73 Å². The number of hydrogen-bond donors (Lipinski definition) is 1. The van der Waals surface area contributed by atoms with Crippen LogP contribution in [0.2, 0.25) is 0 Å². The van der Waals surface area contributed by atoms with Gasteiger partial charge in [-0.05, 0) is 24.4 Å². The van der Waals surface area contributed by atoms with Crippen molar-refractivity contribution >= 4 is 15.5 Å². The summed E-state index contributed by atoms with van der Waals surface area (Å²) in [6.45, 7) is 2.14. The number of nitrogens with two attached hydrogens (primary N) is 1. The largest absolute Gasteiger partial charge is 0.330 e. The van der Waals surface area contributed by atoms with Crippen molar-refractivity contribution in [3.63, 3.8) is 0 Å². The van der Waals surface area contributed by atoms with E-state index in [0.29, 0.717) is 13.0 Å². The fourth-order valence-electron chi connectivity index (χ4n) is 1.64. The normalized spacial score (nSPS) is 13.2. The zero-order valence-electron chi connectivity index (χ0n) is 10.8. The van der Waals surface area contributed by atoms with Crippen LogP contribution in [0.3, 0.4) is 0 Å². The molecule has 0 aromatic heterocycles. The van der Waals surface area contributed by atoms with Crippen LogP contribution >= 0.6 is 0 Å². The lowest BCUT2D eigenvalue weighted by Crippen LogP contribution is -2.23. The molecule has 0 aliphatic carbocycles. The first-order valence-corrected chi connectivity index (χ1v) is 7.80. The number of sulfone groups is 1. The summed E-state index contributed by atoms with van der Waals surface area (Å²) in [6.07, 6.45) is 0.359. The predicted molar refractivity (Wildman–Crippen MR) is 73.7 cm³/mol. The number of hydrogen-bond acceptors (Lipinski definition) is 5. The Morgan fingerprint density at radius 2 is 1.89 bits per heavy atom. The fourth-order valence-corrected chi connectivity index (χ4v) is 3.36. The Bertz CT molecular complexity index is 525. The molecule has 0 aliphatic heterocycles. The van der Waals surface area contributed by atoms with Gasteiger partial charge in [0.25, 0.3) is 5.69 Å². The molecule has 0 saturated heterocycles. The molecule has 1 unspecified atom stereocenters. The van der Waals surface area contributed by atoms with Gasteiger partial charge in [-0.15, -0.1) is 0 Å². The standard InChI is InChI=1S/C12H18N2O4S/c1-10(8-13)9-19(17,18)7-6-11-2-4-12(5-3-11)14(15)16/h2-5,10H,6-9,13H2,1H3. The first-order chi connectivity index (χ1) is 8.84. The van der Waals surface area contributed by atoms with E-state index >= 15 is 0 Å². The van der Waals surface area contributed by atoms with E-state index in [9.17, 15) is 18.5 Å². The van der Waals surface area contributed by atoms with E-state index in [-0.39, 0.29) is 23.1 Å². The summed E-state index contributed by atoms with van der Waals surface area (Å²) >= 11 is 0. The van der Waals surface area contributed by atoms with Crippen LogP contribution in [0.25, 0.3) is 0 Å². The van der Waals surface area contributed by atoms with Crippen molar-refractivity contribution in [1.29, 1.82) is 0 Å². The lowest BCUT2D eigenvalue weighted by molar-refractivity contribution is -0.384. The van der Waals surface area contributed by atoms with Crippen LogP contribution in [0.5, 0.6) is 0 Å². The number of nitro groups is 1. The van der Waals surface area contributed by atoms with Crippen LogP contribution < -0.4 is 5.73 Å². The van der Waals surface area contributed by atoms with Gasteiger partial charge in [0.2, 0.25) is 0 Å². The molecule has 0 aliphatic rings. The quantitative estimate of drug-likeness (QED) is 0.598. The van der Waals surface area contributed by atoms with Crippen molar-refractivity contribution in [3.05, 3.63) is 39.9 Å². The summed E-state index contributed by atoms with van der Waals surface area (Å²) in [4.78, 5) is 10.00. The molecule has 0 fully saturated rings. The third-order valence-corrected chi connectivity index (χ3v) is 4.69. The molecular weight excluding hydrogens is 268 g/mol. The van der Waals surface area contributed by atoms with E-state index in [1.807, 2.05) is 0 Å². The Hall–Kier alpha value is -1.47. The number of nitrogens with zero attached hydrogens (tertiary/aromatic N) is 1. The van der Waals surface area contributed by atoms with E-state index in [1.165, 1.54) is 12.1 Å². The third kappa shape index (κ3) is 5.35. The maximum atomic E-state index is 11.8. The second-order valence-corrected chi connectivity index (χ2v) is 6.86. The minimum absolute atomic E-state index is 0.00311. The van der Waals surface area contributed by atoms with Crippen molar-refractivity contribution in [2.75, 3.05) is 18.1 Å². The van der Waals surface area contributed by atoms with Gasteiger partial charge < -0.3 is 5.73 Å². The van der Waals surface area contributed by atoms with E-state index < -0.39 is 14.8 Å². The molecule has 1 rings (SSSR count). The van der Waals surface area contributed by atoms with Crippen LogP contribution in [-0.2, 0) is 16.3 Å². The van der Waals surface area contributed by atoms with Crippen molar-refractivity contribution < 1.29 is 13.3 Å². The van der Waals surface area contributed by atoms with Gasteiger partial charge >= 0.3 is 0 Å². The second-order valence-electron chi connectivity index (χ2n) is 4.63. The highest BCUT2D eigenvalue weighted by molar-refractivity contribution is 7.91. The van der Waals surface area contributed by atoms with E-state index in [2.05, 4.69) is 0 Å². The summed E-state index contributed by atoms with van der Waals surface area (Å²) in [6, 6.07) is 5.93. The van der Waals surface area contributed by atoms with Crippen molar-refractivity contribution in [2.45, 2.75) is 13.3 Å². The van der Waals surface area contributed by atoms with Gasteiger partial charge in [-0.3, -0.25) is 10.1 Å². The molecule has 0 amide bonds. The lowest BCUT2D eigenvalue weighted by Gasteiger charge is -2.09. The molecule has 0 heterocycles. The first kappa shape index (κ1) is 15.6. The minimum atomic E-state index is -3.13. The molecule has 1 aromatic rings. The number of non-ortho nitro benzene ring substituents is 1. The smallest absolute Gasteiger partial charge is 0.269 e. The van der Waals surface area contributed by atoms with Crippen LogP contribution in [0.15, 0.2) is 24.3 Å². The van der Waals surface area contributed by atoms with Gasteiger partial charge in [0.1, 0.15) is 0 Å². The molecule has 0 bridgehead atoms. The van der Waals surface area contributed by atoms with Crippen LogP contribution in [0, 0.1) is 16.0 Å². The summed E-state index contributed by atoms with van der Waals surface area (Å²) in [5.41, 5.74) is 6.18. The molecule has 2 N–H and O–H groups in total. The zero-order valence-corrected chi connectivity index (χ0v) is 11.6. The Kier molecular flexibility index (Phi) is 5.44. The average Bonchev–Trinajstić information content (AvgIpc) is 2.36. The van der Waals surface area contributed by atoms with Crippen LogP contribution in [0.1, 0.15) is 12.5 Å².